The van der Waals surface area contributed by atoms with Crippen molar-refractivity contribution in [2.75, 3.05) is 13.2 Å². The van der Waals surface area contributed by atoms with Crippen molar-refractivity contribution in [2.24, 2.45) is 0 Å². The van der Waals surface area contributed by atoms with Gasteiger partial charge >= 0.3 is 0 Å². The third-order valence-electron chi connectivity index (χ3n) is 4.07. The Hall–Kier alpha value is -2.57. The summed E-state index contributed by atoms with van der Waals surface area (Å²) in [6, 6.07) is 9.79. The normalized spacial score (nSPS) is 13.4. The Bertz CT molecular complexity index is 883. The van der Waals surface area contributed by atoms with Crippen molar-refractivity contribution in [3.8, 4) is 17.3 Å². The highest BCUT2D eigenvalue weighted by Crippen LogP contribution is 2.37. The van der Waals surface area contributed by atoms with Crippen LogP contribution in [0, 0.1) is 0 Å². The van der Waals surface area contributed by atoms with Gasteiger partial charge in [-0.25, -0.2) is 9.67 Å². The summed E-state index contributed by atoms with van der Waals surface area (Å²) in [5, 5.41) is 8.22. The standard InChI is InChI=1S/C19H19ClN4O2/c20-16-9-15(10-17-19(16)26-8-2-7-25-17)13-21-12-14-3-5-22-18(11-14)24-6-1-4-23-24/h1,3-6,9-11,21H,2,7-8,12-13H2. The highest BCUT2D eigenvalue weighted by Gasteiger charge is 2.15. The number of fused-ring (bicyclic) bond motifs is 1. The molecule has 0 atom stereocenters. The number of aromatic nitrogens is 3. The summed E-state index contributed by atoms with van der Waals surface area (Å²) in [7, 11) is 0. The summed E-state index contributed by atoms with van der Waals surface area (Å²) in [6.45, 7) is 2.66. The van der Waals surface area contributed by atoms with Gasteiger partial charge < -0.3 is 14.8 Å². The lowest BCUT2D eigenvalue weighted by Crippen LogP contribution is -2.13. The van der Waals surface area contributed by atoms with Crippen LogP contribution in [-0.2, 0) is 13.1 Å². The van der Waals surface area contributed by atoms with Gasteiger partial charge in [0.2, 0.25) is 0 Å². The van der Waals surface area contributed by atoms with Gasteiger partial charge in [0.25, 0.3) is 0 Å². The number of rotatable bonds is 5. The van der Waals surface area contributed by atoms with E-state index in [-0.39, 0.29) is 0 Å². The summed E-state index contributed by atoms with van der Waals surface area (Å²) in [5.74, 6) is 2.16. The molecule has 0 amide bonds. The minimum absolute atomic E-state index is 0.589. The van der Waals surface area contributed by atoms with E-state index in [4.69, 9.17) is 21.1 Å². The minimum Gasteiger partial charge on any atom is -0.489 e. The molecule has 7 heteroatoms. The molecule has 1 N–H and O–H groups in total. The molecule has 0 aliphatic carbocycles. The molecule has 0 fully saturated rings. The molecule has 1 aromatic carbocycles. The molecule has 0 spiro atoms. The Morgan fingerprint density at radius 3 is 2.85 bits per heavy atom. The maximum atomic E-state index is 6.34. The molecule has 134 valence electrons. The Morgan fingerprint density at radius 2 is 1.96 bits per heavy atom. The van der Waals surface area contributed by atoms with Gasteiger partial charge in [-0.3, -0.25) is 0 Å². The molecule has 26 heavy (non-hydrogen) atoms. The van der Waals surface area contributed by atoms with E-state index in [9.17, 15) is 0 Å². The lowest BCUT2D eigenvalue weighted by atomic mass is 10.2. The molecule has 0 saturated carbocycles. The van der Waals surface area contributed by atoms with Crippen LogP contribution < -0.4 is 14.8 Å². The second-order valence-electron chi connectivity index (χ2n) is 6.03. The summed E-state index contributed by atoms with van der Waals surface area (Å²) in [5.41, 5.74) is 2.19. The highest BCUT2D eigenvalue weighted by atomic mass is 35.5. The van der Waals surface area contributed by atoms with Crippen LogP contribution in [0.4, 0.5) is 0 Å². The molecule has 0 saturated heterocycles. The van der Waals surface area contributed by atoms with E-state index in [0.29, 0.717) is 37.1 Å². The molecule has 6 nitrogen and oxygen atoms in total. The van der Waals surface area contributed by atoms with Gasteiger partial charge in [-0.15, -0.1) is 0 Å². The summed E-state index contributed by atoms with van der Waals surface area (Å²) in [6.07, 6.45) is 6.26. The molecule has 3 aromatic rings. The van der Waals surface area contributed by atoms with Crippen molar-refractivity contribution in [1.82, 2.24) is 20.1 Å². The molecule has 0 unspecified atom stereocenters. The van der Waals surface area contributed by atoms with Crippen LogP contribution in [0.15, 0.2) is 48.9 Å². The number of ether oxygens (including phenoxy) is 2. The van der Waals surface area contributed by atoms with Gasteiger partial charge in [-0.2, -0.15) is 5.10 Å². The monoisotopic (exact) mass is 370 g/mol. The van der Waals surface area contributed by atoms with E-state index in [2.05, 4.69) is 15.4 Å². The summed E-state index contributed by atoms with van der Waals surface area (Å²) < 4.78 is 13.1. The van der Waals surface area contributed by atoms with Gasteiger partial charge in [-0.1, -0.05) is 11.6 Å². The van der Waals surface area contributed by atoms with E-state index in [1.165, 1.54) is 0 Å². The summed E-state index contributed by atoms with van der Waals surface area (Å²) >= 11 is 6.34. The number of nitrogens with one attached hydrogen (secondary N) is 1. The first-order chi connectivity index (χ1) is 12.8. The van der Waals surface area contributed by atoms with Crippen molar-refractivity contribution in [3.63, 3.8) is 0 Å². The van der Waals surface area contributed by atoms with E-state index >= 15 is 0 Å². The van der Waals surface area contributed by atoms with E-state index in [1.54, 1.807) is 17.1 Å². The molecule has 0 radical (unpaired) electrons. The molecule has 1 aliphatic rings. The number of pyridine rings is 1. The Balaban J connectivity index is 1.41. The maximum absolute atomic E-state index is 6.34. The average molecular weight is 371 g/mol. The van der Waals surface area contributed by atoms with Crippen LogP contribution in [-0.4, -0.2) is 28.0 Å². The second kappa shape index (κ2) is 7.76. The average Bonchev–Trinajstić information content (AvgIpc) is 3.08. The van der Waals surface area contributed by atoms with Crippen LogP contribution in [0.2, 0.25) is 5.02 Å². The van der Waals surface area contributed by atoms with Gasteiger partial charge in [0.1, 0.15) is 0 Å². The zero-order valence-corrected chi connectivity index (χ0v) is 14.9. The number of halogens is 1. The van der Waals surface area contributed by atoms with Gasteiger partial charge in [-0.05, 0) is 41.5 Å². The van der Waals surface area contributed by atoms with Crippen molar-refractivity contribution < 1.29 is 9.47 Å². The van der Waals surface area contributed by atoms with Crippen LogP contribution >= 0.6 is 11.6 Å². The third-order valence-corrected chi connectivity index (χ3v) is 4.35. The molecule has 2 aromatic heterocycles. The molecular formula is C19H19ClN4O2. The van der Waals surface area contributed by atoms with E-state index < -0.39 is 0 Å². The first-order valence-corrected chi connectivity index (χ1v) is 8.91. The first-order valence-electron chi connectivity index (χ1n) is 8.53. The SMILES string of the molecule is Clc1cc(CNCc2ccnc(-n3cccn3)c2)cc2c1OCCCO2. The zero-order chi connectivity index (χ0) is 17.8. The fourth-order valence-electron chi connectivity index (χ4n) is 2.84. The van der Waals surface area contributed by atoms with Crippen molar-refractivity contribution in [2.45, 2.75) is 19.5 Å². The van der Waals surface area contributed by atoms with Crippen LogP contribution in [0.5, 0.6) is 11.5 Å². The zero-order valence-electron chi connectivity index (χ0n) is 14.2. The number of nitrogens with zero attached hydrogens (tertiary/aromatic N) is 3. The predicted molar refractivity (Wildman–Crippen MR) is 99.0 cm³/mol. The van der Waals surface area contributed by atoms with Crippen molar-refractivity contribution in [1.29, 1.82) is 0 Å². The minimum atomic E-state index is 0.589. The van der Waals surface area contributed by atoms with Gasteiger partial charge in [0.05, 0.1) is 18.2 Å². The molecular weight excluding hydrogens is 352 g/mol. The first kappa shape index (κ1) is 16.9. The quantitative estimate of drug-likeness (QED) is 0.746. The lowest BCUT2D eigenvalue weighted by molar-refractivity contribution is 0.297. The largest absolute Gasteiger partial charge is 0.489 e. The molecule has 4 rings (SSSR count). The van der Waals surface area contributed by atoms with E-state index in [1.807, 2.05) is 36.5 Å². The van der Waals surface area contributed by atoms with Crippen molar-refractivity contribution in [3.05, 3.63) is 65.1 Å². The van der Waals surface area contributed by atoms with Gasteiger partial charge in [0.15, 0.2) is 17.3 Å². The number of hydrogen-bond donors (Lipinski definition) is 1. The number of benzene rings is 1. The maximum Gasteiger partial charge on any atom is 0.179 e. The molecule has 1 aliphatic heterocycles. The third kappa shape index (κ3) is 3.81. The fourth-order valence-corrected chi connectivity index (χ4v) is 3.13. The topological polar surface area (TPSA) is 61.2 Å². The van der Waals surface area contributed by atoms with Crippen molar-refractivity contribution >= 4 is 11.6 Å². The Kier molecular flexibility index (Phi) is 5.04. The van der Waals surface area contributed by atoms with E-state index in [0.717, 1.165) is 29.1 Å². The fraction of sp³-hybridized carbons (Fsp3) is 0.263. The predicted octanol–water partition coefficient (Wildman–Crippen LogP) is 3.37. The van der Waals surface area contributed by atoms with Crippen LogP contribution in [0.1, 0.15) is 17.5 Å². The van der Waals surface area contributed by atoms with Gasteiger partial charge in [0, 0.05) is 38.1 Å². The summed E-state index contributed by atoms with van der Waals surface area (Å²) in [4.78, 5) is 4.34. The Labute approximate surface area is 156 Å². The Morgan fingerprint density at radius 1 is 1.08 bits per heavy atom. The van der Waals surface area contributed by atoms with Crippen LogP contribution in [0.25, 0.3) is 5.82 Å². The smallest absolute Gasteiger partial charge is 0.179 e. The number of hydrogen-bond acceptors (Lipinski definition) is 5. The second-order valence-corrected chi connectivity index (χ2v) is 6.44. The molecule has 3 heterocycles. The highest BCUT2D eigenvalue weighted by molar-refractivity contribution is 6.32. The molecule has 0 bridgehead atoms. The van der Waals surface area contributed by atoms with Crippen LogP contribution in [0.3, 0.4) is 0 Å². The lowest BCUT2D eigenvalue weighted by Gasteiger charge is -2.12.